The first kappa shape index (κ1) is 11.6. The van der Waals surface area contributed by atoms with Gasteiger partial charge in [0.25, 0.3) is 6.71 Å². The van der Waals surface area contributed by atoms with Crippen LogP contribution in [0.3, 0.4) is 0 Å². The van der Waals surface area contributed by atoms with E-state index in [9.17, 15) is 0 Å². The van der Waals surface area contributed by atoms with Crippen molar-refractivity contribution in [1.82, 2.24) is 4.90 Å². The highest BCUT2D eigenvalue weighted by molar-refractivity contribution is 6.81. The van der Waals surface area contributed by atoms with E-state index in [-0.39, 0.29) is 6.71 Å². The van der Waals surface area contributed by atoms with Crippen LogP contribution in [0.25, 0.3) is 0 Å². The summed E-state index contributed by atoms with van der Waals surface area (Å²) in [5.41, 5.74) is 3.68. The summed E-state index contributed by atoms with van der Waals surface area (Å²) < 4.78 is 0. The number of hydrogen-bond donors (Lipinski definition) is 0. The van der Waals surface area contributed by atoms with Gasteiger partial charge in [-0.3, -0.25) is 0 Å². The molecule has 0 radical (unpaired) electrons. The Morgan fingerprint density at radius 2 is 1.59 bits per heavy atom. The van der Waals surface area contributed by atoms with Gasteiger partial charge in [-0.2, -0.15) is 0 Å². The summed E-state index contributed by atoms with van der Waals surface area (Å²) in [6.45, 7) is 4.53. The summed E-state index contributed by atoms with van der Waals surface area (Å²) in [7, 11) is 2.05. The lowest BCUT2D eigenvalue weighted by Crippen LogP contribution is -2.24. The Morgan fingerprint density at radius 3 is 2.18 bits per heavy atom. The SMILES string of the molecule is CC1=CN(C)C=C(C)B1C#Cc1ccccc1. The fourth-order valence-electron chi connectivity index (χ4n) is 2.09. The largest absolute Gasteiger partial charge is 0.359 e. The molecular weight excluding hydrogens is 205 g/mol. The summed E-state index contributed by atoms with van der Waals surface area (Å²) >= 11 is 0. The molecule has 0 fully saturated rings. The van der Waals surface area contributed by atoms with Gasteiger partial charge in [0, 0.05) is 12.6 Å². The Kier molecular flexibility index (Phi) is 3.39. The van der Waals surface area contributed by atoms with Crippen molar-refractivity contribution < 1.29 is 0 Å². The van der Waals surface area contributed by atoms with Crippen molar-refractivity contribution >= 4 is 6.71 Å². The third-order valence-electron chi connectivity index (χ3n) is 2.86. The molecule has 2 rings (SSSR count). The number of benzene rings is 1. The molecule has 84 valence electrons. The van der Waals surface area contributed by atoms with E-state index >= 15 is 0 Å². The maximum Gasteiger partial charge on any atom is 0.290 e. The van der Waals surface area contributed by atoms with Gasteiger partial charge in [-0.15, -0.1) is 5.82 Å². The van der Waals surface area contributed by atoms with Crippen LogP contribution >= 0.6 is 0 Å². The quantitative estimate of drug-likeness (QED) is 0.481. The highest BCUT2D eigenvalue weighted by Crippen LogP contribution is 2.16. The summed E-state index contributed by atoms with van der Waals surface area (Å²) in [5.74, 6) is 6.58. The maximum absolute atomic E-state index is 3.34. The number of allylic oxidation sites excluding steroid dienone is 2. The zero-order valence-electron chi connectivity index (χ0n) is 10.6. The molecule has 0 bridgehead atoms. The lowest BCUT2D eigenvalue weighted by atomic mass is 9.40. The van der Waals surface area contributed by atoms with Crippen molar-refractivity contribution in [3.63, 3.8) is 0 Å². The van der Waals surface area contributed by atoms with E-state index in [1.165, 1.54) is 10.9 Å². The first-order valence-electron chi connectivity index (χ1n) is 5.82. The molecule has 0 aliphatic carbocycles. The van der Waals surface area contributed by atoms with Crippen molar-refractivity contribution in [3.8, 4) is 11.7 Å². The standard InChI is InChI=1S/C15H16BN/c1-13-11-17(3)12-14(2)16(13)10-9-15-7-5-4-6-8-15/h4-8,11-12H,1-3H3. The molecule has 1 aromatic carbocycles. The fourth-order valence-corrected chi connectivity index (χ4v) is 2.09. The van der Waals surface area contributed by atoms with Crippen LogP contribution in [-0.4, -0.2) is 18.7 Å². The molecule has 1 aliphatic rings. The van der Waals surface area contributed by atoms with Crippen LogP contribution in [0.2, 0.25) is 0 Å². The molecule has 1 aliphatic heterocycles. The van der Waals surface area contributed by atoms with Crippen LogP contribution in [0.15, 0.2) is 53.7 Å². The van der Waals surface area contributed by atoms with Crippen molar-refractivity contribution in [2.75, 3.05) is 7.05 Å². The van der Waals surface area contributed by atoms with E-state index in [0.717, 1.165) is 5.56 Å². The molecule has 2 heteroatoms. The van der Waals surface area contributed by atoms with Gasteiger partial charge in [0.05, 0.1) is 0 Å². The molecule has 0 atom stereocenters. The van der Waals surface area contributed by atoms with Crippen molar-refractivity contribution in [3.05, 3.63) is 59.2 Å². The normalized spacial score (nSPS) is 14.8. The second-order valence-electron chi connectivity index (χ2n) is 4.48. The molecule has 17 heavy (non-hydrogen) atoms. The van der Waals surface area contributed by atoms with Crippen LogP contribution in [0.1, 0.15) is 19.4 Å². The minimum atomic E-state index is 0.256. The van der Waals surface area contributed by atoms with Crippen LogP contribution in [0.4, 0.5) is 0 Å². The van der Waals surface area contributed by atoms with Crippen LogP contribution < -0.4 is 0 Å². The van der Waals surface area contributed by atoms with Crippen LogP contribution in [0, 0.1) is 11.7 Å². The molecule has 0 saturated heterocycles. The Hall–Kier alpha value is -1.88. The van der Waals surface area contributed by atoms with E-state index in [4.69, 9.17) is 0 Å². The molecule has 0 aromatic heterocycles. The van der Waals surface area contributed by atoms with Crippen molar-refractivity contribution in [2.45, 2.75) is 13.8 Å². The van der Waals surface area contributed by atoms with E-state index in [1.54, 1.807) is 0 Å². The molecule has 1 heterocycles. The predicted octanol–water partition coefficient (Wildman–Crippen LogP) is 2.90. The minimum absolute atomic E-state index is 0.256. The first-order valence-corrected chi connectivity index (χ1v) is 5.82. The van der Waals surface area contributed by atoms with E-state index in [1.807, 2.05) is 37.4 Å². The summed E-state index contributed by atoms with van der Waals surface area (Å²) in [6.07, 6.45) is 4.27. The predicted molar refractivity (Wildman–Crippen MR) is 74.4 cm³/mol. The summed E-state index contributed by atoms with van der Waals surface area (Å²) in [6, 6.07) is 10.1. The molecule has 1 nitrogen and oxygen atoms in total. The average Bonchev–Trinajstić information content (AvgIpc) is 2.29. The Balaban J connectivity index is 2.23. The highest BCUT2D eigenvalue weighted by Gasteiger charge is 2.19. The number of hydrogen-bond acceptors (Lipinski definition) is 1. The van der Waals surface area contributed by atoms with Crippen molar-refractivity contribution in [2.24, 2.45) is 0 Å². The lowest BCUT2D eigenvalue weighted by Gasteiger charge is -2.21. The van der Waals surface area contributed by atoms with Gasteiger partial charge in [-0.25, -0.2) is 0 Å². The number of nitrogens with zero attached hydrogens (tertiary/aromatic N) is 1. The summed E-state index contributed by atoms with van der Waals surface area (Å²) in [5, 5.41) is 0. The lowest BCUT2D eigenvalue weighted by molar-refractivity contribution is 0.615. The van der Waals surface area contributed by atoms with Gasteiger partial charge >= 0.3 is 0 Å². The molecule has 1 aromatic rings. The molecular formula is C15H16BN. The van der Waals surface area contributed by atoms with Gasteiger partial charge in [0.1, 0.15) is 0 Å². The fraction of sp³-hybridized carbons (Fsp3) is 0.200. The Bertz CT molecular complexity index is 497. The Labute approximate surface area is 104 Å². The van der Waals surface area contributed by atoms with Gasteiger partial charge in [-0.1, -0.05) is 35.1 Å². The van der Waals surface area contributed by atoms with Gasteiger partial charge in [0.2, 0.25) is 0 Å². The molecule has 0 amide bonds. The smallest absolute Gasteiger partial charge is 0.290 e. The van der Waals surface area contributed by atoms with Gasteiger partial charge in [0.15, 0.2) is 0 Å². The zero-order chi connectivity index (χ0) is 12.3. The second kappa shape index (κ2) is 4.97. The third kappa shape index (κ3) is 2.82. The highest BCUT2D eigenvalue weighted by atomic mass is 15.0. The molecule has 0 saturated carbocycles. The van der Waals surface area contributed by atoms with E-state index in [2.05, 4.69) is 42.9 Å². The number of rotatable bonds is 0. The third-order valence-corrected chi connectivity index (χ3v) is 2.86. The molecule has 0 spiro atoms. The zero-order valence-corrected chi connectivity index (χ0v) is 10.6. The van der Waals surface area contributed by atoms with Crippen LogP contribution in [-0.2, 0) is 0 Å². The Morgan fingerprint density at radius 1 is 1.00 bits per heavy atom. The monoisotopic (exact) mass is 221 g/mol. The first-order chi connectivity index (χ1) is 8.16. The summed E-state index contributed by atoms with van der Waals surface area (Å²) in [4.78, 5) is 2.09. The van der Waals surface area contributed by atoms with Gasteiger partial charge < -0.3 is 4.90 Å². The van der Waals surface area contributed by atoms with Crippen LogP contribution in [0.5, 0.6) is 0 Å². The average molecular weight is 221 g/mol. The van der Waals surface area contributed by atoms with E-state index < -0.39 is 0 Å². The van der Waals surface area contributed by atoms with Crippen molar-refractivity contribution in [1.29, 1.82) is 0 Å². The second-order valence-corrected chi connectivity index (χ2v) is 4.48. The molecule has 0 unspecified atom stereocenters. The topological polar surface area (TPSA) is 3.24 Å². The minimum Gasteiger partial charge on any atom is -0.359 e. The van der Waals surface area contributed by atoms with E-state index in [0.29, 0.717) is 0 Å². The maximum atomic E-state index is 3.34. The molecule has 0 N–H and O–H groups in total. The van der Waals surface area contributed by atoms with Gasteiger partial charge in [-0.05, 0) is 38.4 Å².